The van der Waals surface area contributed by atoms with Gasteiger partial charge in [0.2, 0.25) is 0 Å². The van der Waals surface area contributed by atoms with Gasteiger partial charge in [0.25, 0.3) is 0 Å². The lowest BCUT2D eigenvalue weighted by Crippen LogP contribution is -2.20. The van der Waals surface area contributed by atoms with Gasteiger partial charge in [-0.2, -0.15) is 0 Å². The number of hydrogen-bond donors (Lipinski definition) is 2. The van der Waals surface area contributed by atoms with Crippen molar-refractivity contribution in [2.75, 3.05) is 13.7 Å². The normalized spacial score (nSPS) is 11.9. The van der Waals surface area contributed by atoms with E-state index in [0.717, 1.165) is 0 Å². The highest BCUT2D eigenvalue weighted by Gasteiger charge is 2.10. The molecule has 0 heterocycles. The standard InChI is InChI=1S/C7H13NO3/c1-4-11-7(10)6(8-3)5(2)9/h8-9H,4H2,1-3H3/b6-5-. The van der Waals surface area contributed by atoms with Gasteiger partial charge in [-0.1, -0.05) is 0 Å². The van der Waals surface area contributed by atoms with Crippen LogP contribution in [0.2, 0.25) is 0 Å². The van der Waals surface area contributed by atoms with Crippen LogP contribution in [0.25, 0.3) is 0 Å². The SMILES string of the molecule is CCOC(=O)/C(NC)=C(\C)O. The van der Waals surface area contributed by atoms with Crippen molar-refractivity contribution in [3.05, 3.63) is 11.5 Å². The Balaban J connectivity index is 4.28. The van der Waals surface area contributed by atoms with Gasteiger partial charge in [-0.3, -0.25) is 0 Å². The second kappa shape index (κ2) is 4.60. The summed E-state index contributed by atoms with van der Waals surface area (Å²) in [6, 6.07) is 0. The topological polar surface area (TPSA) is 58.6 Å². The summed E-state index contributed by atoms with van der Waals surface area (Å²) >= 11 is 0. The smallest absolute Gasteiger partial charge is 0.357 e. The third kappa shape index (κ3) is 2.93. The molecule has 0 unspecified atom stereocenters. The number of aliphatic hydroxyl groups excluding tert-OH is 1. The van der Waals surface area contributed by atoms with Crippen molar-refractivity contribution in [3.8, 4) is 0 Å². The summed E-state index contributed by atoms with van der Waals surface area (Å²) in [6.07, 6.45) is 0. The van der Waals surface area contributed by atoms with Gasteiger partial charge in [0.1, 0.15) is 5.76 Å². The molecule has 0 aliphatic carbocycles. The van der Waals surface area contributed by atoms with E-state index in [1.807, 2.05) is 0 Å². The molecular weight excluding hydrogens is 146 g/mol. The first-order valence-electron chi connectivity index (χ1n) is 3.38. The first-order valence-corrected chi connectivity index (χ1v) is 3.38. The highest BCUT2D eigenvalue weighted by Crippen LogP contribution is 1.98. The van der Waals surface area contributed by atoms with Crippen LogP contribution in [-0.4, -0.2) is 24.7 Å². The van der Waals surface area contributed by atoms with Crippen molar-refractivity contribution in [2.24, 2.45) is 0 Å². The first kappa shape index (κ1) is 9.81. The second-order valence-electron chi connectivity index (χ2n) is 1.93. The van der Waals surface area contributed by atoms with Crippen LogP contribution < -0.4 is 5.32 Å². The molecule has 0 aliphatic heterocycles. The van der Waals surface area contributed by atoms with E-state index in [1.165, 1.54) is 6.92 Å². The van der Waals surface area contributed by atoms with Crippen molar-refractivity contribution < 1.29 is 14.6 Å². The Labute approximate surface area is 65.9 Å². The Kier molecular flexibility index (Phi) is 4.10. The van der Waals surface area contributed by atoms with Crippen LogP contribution in [0.3, 0.4) is 0 Å². The van der Waals surface area contributed by atoms with Crippen molar-refractivity contribution >= 4 is 5.97 Å². The fraction of sp³-hybridized carbons (Fsp3) is 0.571. The third-order valence-corrected chi connectivity index (χ3v) is 1.09. The minimum Gasteiger partial charge on any atom is -0.510 e. The minimum atomic E-state index is -0.532. The van der Waals surface area contributed by atoms with E-state index >= 15 is 0 Å². The summed E-state index contributed by atoms with van der Waals surface area (Å²) in [5, 5.41) is 11.5. The second-order valence-corrected chi connectivity index (χ2v) is 1.93. The summed E-state index contributed by atoms with van der Waals surface area (Å²) in [4.78, 5) is 10.9. The van der Waals surface area contributed by atoms with Crippen molar-refractivity contribution in [1.82, 2.24) is 5.32 Å². The lowest BCUT2D eigenvalue weighted by Gasteiger charge is -2.05. The number of aliphatic hydroxyl groups is 1. The fourth-order valence-electron chi connectivity index (χ4n) is 0.634. The Morgan fingerprint density at radius 3 is 2.45 bits per heavy atom. The average molecular weight is 159 g/mol. The number of allylic oxidation sites excluding steroid dienone is 1. The molecule has 11 heavy (non-hydrogen) atoms. The van der Waals surface area contributed by atoms with Crippen LogP contribution in [0, 0.1) is 0 Å². The van der Waals surface area contributed by atoms with Crippen molar-refractivity contribution in [2.45, 2.75) is 13.8 Å². The minimum absolute atomic E-state index is 0.0639. The van der Waals surface area contributed by atoms with Crippen LogP contribution in [0.4, 0.5) is 0 Å². The lowest BCUT2D eigenvalue weighted by atomic mass is 10.4. The molecule has 0 atom stereocenters. The Morgan fingerprint density at radius 2 is 2.18 bits per heavy atom. The number of nitrogens with one attached hydrogen (secondary N) is 1. The van der Waals surface area contributed by atoms with Gasteiger partial charge in [0.05, 0.1) is 6.61 Å². The predicted octanol–water partition coefficient (Wildman–Crippen LogP) is 0.558. The van der Waals surface area contributed by atoms with E-state index in [-0.39, 0.29) is 11.5 Å². The number of hydrogen-bond acceptors (Lipinski definition) is 4. The number of rotatable bonds is 3. The molecule has 0 saturated heterocycles. The van der Waals surface area contributed by atoms with Gasteiger partial charge in [-0.25, -0.2) is 4.79 Å². The maximum absolute atomic E-state index is 10.9. The molecule has 4 heteroatoms. The summed E-state index contributed by atoms with van der Waals surface area (Å²) in [5.74, 6) is -0.596. The third-order valence-electron chi connectivity index (χ3n) is 1.09. The van der Waals surface area contributed by atoms with Crippen molar-refractivity contribution in [3.63, 3.8) is 0 Å². The lowest BCUT2D eigenvalue weighted by molar-refractivity contribution is -0.139. The number of ether oxygens (including phenoxy) is 1. The number of carbonyl (C=O) groups excluding carboxylic acids is 1. The van der Waals surface area contributed by atoms with E-state index in [0.29, 0.717) is 6.61 Å². The van der Waals surface area contributed by atoms with Crippen molar-refractivity contribution in [1.29, 1.82) is 0 Å². The molecular formula is C7H13NO3. The van der Waals surface area contributed by atoms with E-state index in [9.17, 15) is 4.79 Å². The zero-order valence-corrected chi connectivity index (χ0v) is 6.97. The molecule has 0 amide bonds. The largest absolute Gasteiger partial charge is 0.510 e. The Morgan fingerprint density at radius 1 is 1.64 bits per heavy atom. The van der Waals surface area contributed by atoms with Crippen LogP contribution in [0.15, 0.2) is 11.5 Å². The predicted molar refractivity (Wildman–Crippen MR) is 41.0 cm³/mol. The molecule has 0 rings (SSSR count). The fourth-order valence-corrected chi connectivity index (χ4v) is 0.634. The van der Waals surface area contributed by atoms with Gasteiger partial charge < -0.3 is 15.2 Å². The average Bonchev–Trinajstić information content (AvgIpc) is 1.88. The van der Waals surface area contributed by atoms with Crippen LogP contribution in [0.1, 0.15) is 13.8 Å². The summed E-state index contributed by atoms with van der Waals surface area (Å²) < 4.78 is 4.64. The first-order chi connectivity index (χ1) is 5.13. The number of esters is 1. The number of likely N-dealkylation sites (N-methyl/N-ethyl adjacent to an activating group) is 1. The van der Waals surface area contributed by atoms with Crippen LogP contribution >= 0.6 is 0 Å². The molecule has 0 aromatic rings. The molecule has 0 bridgehead atoms. The van der Waals surface area contributed by atoms with Crippen LogP contribution in [-0.2, 0) is 9.53 Å². The van der Waals surface area contributed by atoms with Gasteiger partial charge >= 0.3 is 5.97 Å². The molecule has 64 valence electrons. The molecule has 0 aliphatic rings. The maximum Gasteiger partial charge on any atom is 0.357 e. The quantitative estimate of drug-likeness (QED) is 0.359. The Hall–Kier alpha value is -1.19. The van der Waals surface area contributed by atoms with E-state index in [2.05, 4.69) is 10.1 Å². The van der Waals surface area contributed by atoms with Gasteiger partial charge in [-0.05, 0) is 13.8 Å². The van der Waals surface area contributed by atoms with E-state index in [1.54, 1.807) is 14.0 Å². The molecule has 0 radical (unpaired) electrons. The van der Waals surface area contributed by atoms with Gasteiger partial charge in [-0.15, -0.1) is 0 Å². The highest BCUT2D eigenvalue weighted by atomic mass is 16.5. The molecule has 0 aromatic carbocycles. The van der Waals surface area contributed by atoms with Crippen LogP contribution in [0.5, 0.6) is 0 Å². The zero-order valence-electron chi connectivity index (χ0n) is 6.97. The molecule has 0 saturated carbocycles. The van der Waals surface area contributed by atoms with Gasteiger partial charge in [0.15, 0.2) is 5.70 Å². The molecule has 0 spiro atoms. The monoisotopic (exact) mass is 159 g/mol. The maximum atomic E-state index is 10.9. The molecule has 0 fully saturated rings. The highest BCUT2D eigenvalue weighted by molar-refractivity contribution is 5.88. The van der Waals surface area contributed by atoms with Gasteiger partial charge in [0, 0.05) is 7.05 Å². The molecule has 0 aromatic heterocycles. The molecule has 2 N–H and O–H groups in total. The summed E-state index contributed by atoms with van der Waals surface area (Å²) in [5.41, 5.74) is 0.104. The molecule has 4 nitrogen and oxygen atoms in total. The van der Waals surface area contributed by atoms with E-state index < -0.39 is 5.97 Å². The number of carbonyl (C=O) groups is 1. The summed E-state index contributed by atoms with van der Waals surface area (Å²) in [6.45, 7) is 3.43. The summed E-state index contributed by atoms with van der Waals surface area (Å²) in [7, 11) is 1.55. The Bertz CT molecular complexity index is 171. The van der Waals surface area contributed by atoms with E-state index in [4.69, 9.17) is 5.11 Å². The zero-order chi connectivity index (χ0) is 8.85.